The summed E-state index contributed by atoms with van der Waals surface area (Å²) < 4.78 is 5.77. The number of benzene rings is 1. The lowest BCUT2D eigenvalue weighted by atomic mass is 10.0. The second-order valence-electron chi connectivity index (χ2n) is 6.19. The molecule has 0 amide bonds. The Morgan fingerprint density at radius 2 is 2.09 bits per heavy atom. The van der Waals surface area contributed by atoms with Gasteiger partial charge in [-0.15, -0.1) is 0 Å². The fourth-order valence-corrected chi connectivity index (χ4v) is 3.61. The van der Waals surface area contributed by atoms with E-state index in [0.29, 0.717) is 18.4 Å². The second kappa shape index (κ2) is 5.73. The minimum atomic E-state index is -0.385. The van der Waals surface area contributed by atoms with Crippen molar-refractivity contribution in [3.63, 3.8) is 0 Å². The number of nitrogens with zero attached hydrogens (tertiary/aromatic N) is 3. The van der Waals surface area contributed by atoms with Gasteiger partial charge < -0.3 is 19.9 Å². The standard InChI is InChI=1S/C16H20N4O3/c21-20(22)13-1-2-15-16(9-13)23-11-14-10-18(7-8-19(14)15)12-3-5-17-6-4-12/h1-2,9-10,12,17H,3-8,11H2. The molecule has 3 heterocycles. The predicted octanol–water partition coefficient (Wildman–Crippen LogP) is 1.70. The van der Waals surface area contributed by atoms with E-state index in [9.17, 15) is 10.1 Å². The number of piperidine rings is 1. The largest absolute Gasteiger partial charge is 0.485 e. The van der Waals surface area contributed by atoms with Gasteiger partial charge in [-0.25, -0.2) is 0 Å². The van der Waals surface area contributed by atoms with E-state index in [-0.39, 0.29) is 10.6 Å². The minimum absolute atomic E-state index is 0.0736. The van der Waals surface area contributed by atoms with Crippen LogP contribution in [0.4, 0.5) is 11.4 Å². The number of nitrogens with one attached hydrogen (secondary N) is 1. The molecular formula is C16H20N4O3. The van der Waals surface area contributed by atoms with E-state index in [1.807, 2.05) is 0 Å². The lowest BCUT2D eigenvalue weighted by molar-refractivity contribution is -0.384. The van der Waals surface area contributed by atoms with Crippen molar-refractivity contribution in [2.75, 3.05) is 37.7 Å². The molecule has 0 aromatic heterocycles. The molecule has 1 aromatic rings. The maximum Gasteiger partial charge on any atom is 0.273 e. The van der Waals surface area contributed by atoms with E-state index in [1.54, 1.807) is 12.1 Å². The molecule has 0 bridgehead atoms. The molecule has 3 aliphatic heterocycles. The van der Waals surface area contributed by atoms with Gasteiger partial charge in [-0.05, 0) is 32.0 Å². The molecule has 122 valence electrons. The van der Waals surface area contributed by atoms with Gasteiger partial charge in [0, 0.05) is 31.4 Å². The van der Waals surface area contributed by atoms with Crippen LogP contribution in [0.25, 0.3) is 0 Å². The van der Waals surface area contributed by atoms with Gasteiger partial charge in [-0.1, -0.05) is 0 Å². The van der Waals surface area contributed by atoms with Crippen LogP contribution in [-0.2, 0) is 0 Å². The molecule has 3 aliphatic rings. The number of anilines is 1. The van der Waals surface area contributed by atoms with Crippen LogP contribution in [0, 0.1) is 10.1 Å². The van der Waals surface area contributed by atoms with Gasteiger partial charge in [0.2, 0.25) is 0 Å². The number of fused-ring (bicyclic) bond motifs is 3. The Kier molecular flexibility index (Phi) is 3.57. The number of nitro benzene ring substituents is 1. The van der Waals surface area contributed by atoms with Crippen LogP contribution in [0.15, 0.2) is 30.1 Å². The van der Waals surface area contributed by atoms with Gasteiger partial charge in [0.05, 0.1) is 22.4 Å². The summed E-state index contributed by atoms with van der Waals surface area (Å²) >= 11 is 0. The molecule has 0 saturated carbocycles. The second-order valence-corrected chi connectivity index (χ2v) is 6.19. The predicted molar refractivity (Wildman–Crippen MR) is 86.6 cm³/mol. The average Bonchev–Trinajstić information content (AvgIpc) is 2.61. The van der Waals surface area contributed by atoms with E-state index >= 15 is 0 Å². The van der Waals surface area contributed by atoms with Gasteiger partial charge in [0.1, 0.15) is 12.4 Å². The highest BCUT2D eigenvalue weighted by Crippen LogP contribution is 2.39. The van der Waals surface area contributed by atoms with Gasteiger partial charge in [-0.3, -0.25) is 10.1 Å². The van der Waals surface area contributed by atoms with Gasteiger partial charge in [-0.2, -0.15) is 0 Å². The molecule has 23 heavy (non-hydrogen) atoms. The monoisotopic (exact) mass is 316 g/mol. The normalized spacial score (nSPS) is 21.1. The Bertz CT molecular complexity index is 655. The van der Waals surface area contributed by atoms with E-state index in [1.165, 1.54) is 18.9 Å². The summed E-state index contributed by atoms with van der Waals surface area (Å²) in [7, 11) is 0. The van der Waals surface area contributed by atoms with E-state index < -0.39 is 0 Å². The third-order valence-corrected chi connectivity index (χ3v) is 4.84. The summed E-state index contributed by atoms with van der Waals surface area (Å²) in [6, 6.07) is 5.46. The molecular weight excluding hydrogens is 296 g/mol. The molecule has 0 spiro atoms. The number of nitro groups is 1. The smallest absolute Gasteiger partial charge is 0.273 e. The fraction of sp³-hybridized carbons (Fsp3) is 0.500. The first-order valence-electron chi connectivity index (χ1n) is 8.08. The molecule has 1 fully saturated rings. The van der Waals surface area contributed by atoms with Crippen LogP contribution in [0.3, 0.4) is 0 Å². The molecule has 0 atom stereocenters. The Morgan fingerprint density at radius 3 is 2.87 bits per heavy atom. The maximum absolute atomic E-state index is 10.9. The Balaban J connectivity index is 1.58. The summed E-state index contributed by atoms with van der Waals surface area (Å²) in [5.74, 6) is 0.603. The maximum atomic E-state index is 10.9. The van der Waals surface area contributed by atoms with E-state index in [0.717, 1.165) is 37.6 Å². The van der Waals surface area contributed by atoms with Crippen molar-refractivity contribution in [3.8, 4) is 5.75 Å². The van der Waals surface area contributed by atoms with Crippen molar-refractivity contribution < 1.29 is 9.66 Å². The molecule has 4 rings (SSSR count). The van der Waals surface area contributed by atoms with Gasteiger partial charge in [0.15, 0.2) is 0 Å². The Hall–Kier alpha value is -2.28. The first kappa shape index (κ1) is 14.3. The number of hydrogen-bond donors (Lipinski definition) is 1. The van der Waals surface area contributed by atoms with Crippen molar-refractivity contribution >= 4 is 11.4 Å². The zero-order valence-corrected chi connectivity index (χ0v) is 12.9. The number of rotatable bonds is 2. The van der Waals surface area contributed by atoms with Gasteiger partial charge >= 0.3 is 0 Å². The summed E-state index contributed by atoms with van der Waals surface area (Å²) in [6.07, 6.45) is 4.56. The highest BCUT2D eigenvalue weighted by molar-refractivity contribution is 5.67. The van der Waals surface area contributed by atoms with E-state index in [4.69, 9.17) is 4.74 Å². The SMILES string of the molecule is O=[N+]([O-])c1ccc2c(c1)OCC1=CN(C3CCNCC3)CCN12. The number of hydrogen-bond acceptors (Lipinski definition) is 6. The molecule has 7 heteroatoms. The van der Waals surface area contributed by atoms with Gasteiger partial charge in [0.25, 0.3) is 5.69 Å². The van der Waals surface area contributed by atoms with Crippen molar-refractivity contribution in [2.45, 2.75) is 18.9 Å². The first-order chi connectivity index (χ1) is 11.2. The molecule has 0 radical (unpaired) electrons. The zero-order valence-electron chi connectivity index (χ0n) is 12.9. The third-order valence-electron chi connectivity index (χ3n) is 4.84. The van der Waals surface area contributed by atoms with Crippen LogP contribution in [-0.4, -0.2) is 48.7 Å². The third kappa shape index (κ3) is 2.61. The van der Waals surface area contributed by atoms with Crippen molar-refractivity contribution in [3.05, 3.63) is 40.2 Å². The van der Waals surface area contributed by atoms with E-state index in [2.05, 4.69) is 21.3 Å². The topological polar surface area (TPSA) is 70.9 Å². The van der Waals surface area contributed by atoms with Crippen LogP contribution in [0.1, 0.15) is 12.8 Å². The lowest BCUT2D eigenvalue weighted by Gasteiger charge is -2.43. The molecule has 0 aliphatic carbocycles. The molecule has 1 saturated heterocycles. The van der Waals surface area contributed by atoms with Crippen molar-refractivity contribution in [1.82, 2.24) is 10.2 Å². The van der Waals surface area contributed by atoms with Crippen LogP contribution in [0.5, 0.6) is 5.75 Å². The summed E-state index contributed by atoms with van der Waals surface area (Å²) in [4.78, 5) is 15.2. The van der Waals surface area contributed by atoms with Crippen molar-refractivity contribution in [2.24, 2.45) is 0 Å². The Labute approximate surface area is 134 Å². The molecule has 1 N–H and O–H groups in total. The molecule has 7 nitrogen and oxygen atoms in total. The highest BCUT2D eigenvalue weighted by atomic mass is 16.6. The quantitative estimate of drug-likeness (QED) is 0.661. The van der Waals surface area contributed by atoms with Crippen LogP contribution in [0.2, 0.25) is 0 Å². The Morgan fingerprint density at radius 1 is 1.26 bits per heavy atom. The van der Waals surface area contributed by atoms with Crippen LogP contribution < -0.4 is 15.0 Å². The fourth-order valence-electron chi connectivity index (χ4n) is 3.61. The zero-order chi connectivity index (χ0) is 15.8. The molecule has 1 aromatic carbocycles. The lowest BCUT2D eigenvalue weighted by Crippen LogP contribution is -2.48. The number of non-ortho nitro benzene ring substituents is 1. The highest BCUT2D eigenvalue weighted by Gasteiger charge is 2.30. The number of ether oxygens (including phenoxy) is 1. The average molecular weight is 316 g/mol. The summed E-state index contributed by atoms with van der Waals surface area (Å²) in [5.41, 5.74) is 2.14. The molecule has 0 unspecified atom stereocenters. The minimum Gasteiger partial charge on any atom is -0.485 e. The van der Waals surface area contributed by atoms with Crippen LogP contribution >= 0.6 is 0 Å². The summed E-state index contributed by atoms with van der Waals surface area (Å²) in [5, 5.41) is 14.3. The van der Waals surface area contributed by atoms with Crippen molar-refractivity contribution in [1.29, 1.82) is 0 Å². The first-order valence-corrected chi connectivity index (χ1v) is 8.08. The summed E-state index contributed by atoms with van der Waals surface area (Å²) in [6.45, 7) is 4.50.